The second-order valence-corrected chi connectivity index (χ2v) is 10.2. The minimum Gasteiger partial charge on any atom is -0.352 e. The first-order chi connectivity index (χ1) is 16.9. The van der Waals surface area contributed by atoms with Crippen molar-refractivity contribution in [2.24, 2.45) is 0 Å². The lowest BCUT2D eigenvalue weighted by Gasteiger charge is -2.32. The van der Waals surface area contributed by atoms with Gasteiger partial charge in [-0.1, -0.05) is 84.8 Å². The molecule has 0 aliphatic carbocycles. The smallest absolute Gasteiger partial charge is 0.243 e. The normalized spacial score (nSPS) is 12.6. The van der Waals surface area contributed by atoms with Crippen LogP contribution in [0.15, 0.2) is 83.8 Å². The van der Waals surface area contributed by atoms with Gasteiger partial charge >= 0.3 is 0 Å². The molecule has 3 aromatic carbocycles. The van der Waals surface area contributed by atoms with Crippen LogP contribution < -0.4 is 5.32 Å². The summed E-state index contributed by atoms with van der Waals surface area (Å²) in [5.41, 5.74) is 4.37. The van der Waals surface area contributed by atoms with Crippen LogP contribution in [0.3, 0.4) is 0 Å². The maximum absolute atomic E-state index is 13.7. The number of hydrogen-bond donors (Lipinski definition) is 1. The van der Waals surface area contributed by atoms with E-state index in [-0.39, 0.29) is 23.6 Å². The van der Waals surface area contributed by atoms with Crippen molar-refractivity contribution in [1.29, 1.82) is 0 Å². The molecular weight excluding hydrogens is 452 g/mol. The first-order valence-corrected chi connectivity index (χ1v) is 13.2. The van der Waals surface area contributed by atoms with Crippen molar-refractivity contribution in [3.05, 3.63) is 101 Å². The Kier molecular flexibility index (Phi) is 9.98. The maximum atomic E-state index is 13.7. The molecule has 0 aliphatic rings. The fraction of sp³-hybridized carbons (Fsp3) is 0.333. The first kappa shape index (κ1) is 26.6. The SMILES string of the molecule is CC[C@H](C)NC(=O)[C@H](Cc1ccccc1)N(Cc1cccc(C)c1)C(=O)CSc1ccc(C)cc1. The summed E-state index contributed by atoms with van der Waals surface area (Å²) in [7, 11) is 0. The molecule has 184 valence electrons. The van der Waals surface area contributed by atoms with Crippen LogP contribution in [0, 0.1) is 13.8 Å². The molecule has 3 rings (SSSR count). The van der Waals surface area contributed by atoms with Gasteiger partial charge in [0.2, 0.25) is 11.8 Å². The van der Waals surface area contributed by atoms with Crippen LogP contribution in [0.1, 0.15) is 42.5 Å². The summed E-state index contributed by atoms with van der Waals surface area (Å²) >= 11 is 1.51. The van der Waals surface area contributed by atoms with Crippen LogP contribution in [0.25, 0.3) is 0 Å². The molecule has 0 spiro atoms. The number of nitrogens with one attached hydrogen (secondary N) is 1. The highest BCUT2D eigenvalue weighted by molar-refractivity contribution is 8.00. The molecule has 0 heterocycles. The highest BCUT2D eigenvalue weighted by atomic mass is 32.2. The van der Waals surface area contributed by atoms with Crippen molar-refractivity contribution in [3.63, 3.8) is 0 Å². The standard InChI is InChI=1S/C30H36N2O2S/c1-5-24(4)31-30(34)28(19-25-11-7-6-8-12-25)32(20-26-13-9-10-23(3)18-26)29(33)21-35-27-16-14-22(2)15-17-27/h6-18,24,28H,5,19-21H2,1-4H3,(H,31,34)/t24-,28-/m0/s1. The summed E-state index contributed by atoms with van der Waals surface area (Å²) in [6.45, 7) is 8.52. The predicted octanol–water partition coefficient (Wildman–Crippen LogP) is 5.95. The van der Waals surface area contributed by atoms with Gasteiger partial charge in [-0.05, 0) is 50.5 Å². The monoisotopic (exact) mass is 488 g/mol. The van der Waals surface area contributed by atoms with Crippen LogP contribution in [-0.4, -0.2) is 34.6 Å². The topological polar surface area (TPSA) is 49.4 Å². The molecule has 0 aromatic heterocycles. The third-order valence-corrected chi connectivity index (χ3v) is 7.09. The Morgan fingerprint density at radius 3 is 2.23 bits per heavy atom. The van der Waals surface area contributed by atoms with E-state index in [9.17, 15) is 9.59 Å². The van der Waals surface area contributed by atoms with Crippen molar-refractivity contribution in [1.82, 2.24) is 10.2 Å². The Morgan fingerprint density at radius 2 is 1.57 bits per heavy atom. The molecule has 0 unspecified atom stereocenters. The van der Waals surface area contributed by atoms with E-state index in [4.69, 9.17) is 0 Å². The van der Waals surface area contributed by atoms with Gasteiger partial charge in [0, 0.05) is 23.9 Å². The molecule has 5 heteroatoms. The molecule has 2 amide bonds. The van der Waals surface area contributed by atoms with Gasteiger partial charge in [0.15, 0.2) is 0 Å². The lowest BCUT2D eigenvalue weighted by molar-refractivity contribution is -0.139. The summed E-state index contributed by atoms with van der Waals surface area (Å²) in [5, 5.41) is 3.12. The fourth-order valence-corrected chi connectivity index (χ4v) is 4.65. The van der Waals surface area contributed by atoms with Gasteiger partial charge in [0.25, 0.3) is 0 Å². The molecule has 0 fully saturated rings. The lowest BCUT2D eigenvalue weighted by Crippen LogP contribution is -2.52. The highest BCUT2D eigenvalue weighted by Crippen LogP contribution is 2.22. The summed E-state index contributed by atoms with van der Waals surface area (Å²) in [4.78, 5) is 30.0. The zero-order valence-corrected chi connectivity index (χ0v) is 22.0. The van der Waals surface area contributed by atoms with Gasteiger partial charge < -0.3 is 10.2 Å². The largest absolute Gasteiger partial charge is 0.352 e. The highest BCUT2D eigenvalue weighted by Gasteiger charge is 2.31. The van der Waals surface area contributed by atoms with E-state index in [0.717, 1.165) is 28.0 Å². The van der Waals surface area contributed by atoms with Crippen molar-refractivity contribution in [2.45, 2.75) is 64.1 Å². The number of carbonyl (C=O) groups is 2. The van der Waals surface area contributed by atoms with Crippen LogP contribution >= 0.6 is 11.8 Å². The molecular formula is C30H36N2O2S. The molecule has 0 saturated heterocycles. The summed E-state index contributed by atoms with van der Waals surface area (Å²) in [6, 6.07) is 25.7. The molecule has 4 nitrogen and oxygen atoms in total. The van der Waals surface area contributed by atoms with Gasteiger partial charge in [-0.3, -0.25) is 9.59 Å². The molecule has 2 atom stereocenters. The Labute approximate surface area is 214 Å². The molecule has 0 aliphatic heterocycles. The number of rotatable bonds is 11. The Bertz CT molecular complexity index is 1100. The van der Waals surface area contributed by atoms with Gasteiger partial charge in [-0.2, -0.15) is 0 Å². The van der Waals surface area contributed by atoms with Crippen LogP contribution in [-0.2, 0) is 22.6 Å². The molecule has 0 radical (unpaired) electrons. The van der Waals surface area contributed by atoms with E-state index >= 15 is 0 Å². The fourth-order valence-electron chi connectivity index (χ4n) is 3.86. The van der Waals surface area contributed by atoms with E-state index in [1.54, 1.807) is 4.90 Å². The Balaban J connectivity index is 1.90. The number of nitrogens with zero attached hydrogens (tertiary/aromatic N) is 1. The number of carbonyl (C=O) groups excluding carboxylic acids is 2. The zero-order valence-electron chi connectivity index (χ0n) is 21.2. The van der Waals surface area contributed by atoms with E-state index in [1.165, 1.54) is 17.3 Å². The molecule has 1 N–H and O–H groups in total. The van der Waals surface area contributed by atoms with Crippen LogP contribution in [0.5, 0.6) is 0 Å². The summed E-state index contributed by atoms with van der Waals surface area (Å²) in [6.07, 6.45) is 1.30. The summed E-state index contributed by atoms with van der Waals surface area (Å²) < 4.78 is 0. The van der Waals surface area contributed by atoms with Crippen LogP contribution in [0.4, 0.5) is 0 Å². The first-order valence-electron chi connectivity index (χ1n) is 12.2. The minimum absolute atomic E-state index is 0.0404. The molecule has 0 bridgehead atoms. The third-order valence-electron chi connectivity index (χ3n) is 6.09. The lowest BCUT2D eigenvalue weighted by atomic mass is 10.0. The van der Waals surface area contributed by atoms with Gasteiger partial charge in [-0.25, -0.2) is 0 Å². The van der Waals surface area contributed by atoms with E-state index in [1.807, 2.05) is 88.4 Å². The van der Waals surface area contributed by atoms with Gasteiger partial charge in [0.05, 0.1) is 5.75 Å². The predicted molar refractivity (Wildman–Crippen MR) is 145 cm³/mol. The average molecular weight is 489 g/mol. The van der Waals surface area contributed by atoms with Gasteiger partial charge in [-0.15, -0.1) is 11.8 Å². The number of aryl methyl sites for hydroxylation is 2. The maximum Gasteiger partial charge on any atom is 0.243 e. The Hall–Kier alpha value is -3.05. The Morgan fingerprint density at radius 1 is 0.886 bits per heavy atom. The number of hydrogen-bond acceptors (Lipinski definition) is 3. The third kappa shape index (κ3) is 8.29. The second kappa shape index (κ2) is 13.1. The van der Waals surface area contributed by atoms with E-state index < -0.39 is 6.04 Å². The van der Waals surface area contributed by atoms with Crippen molar-refractivity contribution >= 4 is 23.6 Å². The molecule has 35 heavy (non-hydrogen) atoms. The van der Waals surface area contributed by atoms with Crippen molar-refractivity contribution in [2.75, 3.05) is 5.75 Å². The van der Waals surface area contributed by atoms with E-state index in [0.29, 0.717) is 13.0 Å². The number of benzene rings is 3. The summed E-state index contributed by atoms with van der Waals surface area (Å²) in [5.74, 6) is 0.124. The zero-order chi connectivity index (χ0) is 25.2. The van der Waals surface area contributed by atoms with Gasteiger partial charge in [0.1, 0.15) is 6.04 Å². The number of amides is 2. The number of thioether (sulfide) groups is 1. The van der Waals surface area contributed by atoms with Crippen molar-refractivity contribution in [3.8, 4) is 0 Å². The van der Waals surface area contributed by atoms with Crippen molar-refractivity contribution < 1.29 is 9.59 Å². The molecule has 3 aromatic rings. The quantitative estimate of drug-likeness (QED) is 0.339. The molecule has 0 saturated carbocycles. The second-order valence-electron chi connectivity index (χ2n) is 9.14. The minimum atomic E-state index is -0.599. The van der Waals surface area contributed by atoms with Crippen LogP contribution in [0.2, 0.25) is 0 Å². The average Bonchev–Trinajstić information content (AvgIpc) is 2.86. The van der Waals surface area contributed by atoms with E-state index in [2.05, 4.69) is 23.5 Å².